The maximum Gasteiger partial charge on any atom is 0.171 e. The minimum absolute atomic E-state index is 0.0485. The Morgan fingerprint density at radius 1 is 1.64 bits per heavy atom. The minimum Gasteiger partial charge on any atom is -0.294 e. The first-order valence-corrected chi connectivity index (χ1v) is 4.85. The van der Waals surface area contributed by atoms with Crippen molar-refractivity contribution in [2.45, 2.75) is 13.5 Å². The van der Waals surface area contributed by atoms with Gasteiger partial charge in [0.05, 0.1) is 11.4 Å². The van der Waals surface area contributed by atoms with Crippen LogP contribution < -0.4 is 0 Å². The highest BCUT2D eigenvalue weighted by atomic mass is 32.1. The highest BCUT2D eigenvalue weighted by Crippen LogP contribution is 2.13. The van der Waals surface area contributed by atoms with Crippen LogP contribution in [0.1, 0.15) is 21.6 Å². The molecule has 0 aliphatic carbocycles. The fourth-order valence-electron chi connectivity index (χ4n) is 0.999. The zero-order valence-corrected chi connectivity index (χ0v) is 8.36. The highest BCUT2D eigenvalue weighted by Gasteiger charge is 2.06. The quantitative estimate of drug-likeness (QED) is 0.705. The number of rotatable bonds is 3. The first-order chi connectivity index (χ1) is 6.75. The van der Waals surface area contributed by atoms with Crippen LogP contribution in [0.5, 0.6) is 0 Å². The molecule has 0 aliphatic rings. The van der Waals surface area contributed by atoms with Crippen molar-refractivity contribution >= 4 is 17.1 Å². The summed E-state index contributed by atoms with van der Waals surface area (Å²) < 4.78 is 1.67. The smallest absolute Gasteiger partial charge is 0.171 e. The number of aromatic nitrogens is 4. The average Bonchev–Trinajstić information content (AvgIpc) is 2.75. The molecule has 0 aliphatic heterocycles. The Morgan fingerprint density at radius 2 is 2.50 bits per heavy atom. The van der Waals surface area contributed by atoms with E-state index >= 15 is 0 Å². The van der Waals surface area contributed by atoms with Crippen LogP contribution in [0.3, 0.4) is 0 Å². The predicted molar refractivity (Wildman–Crippen MR) is 51.2 cm³/mol. The fraction of sp³-hybridized carbons (Fsp3) is 0.250. The molecule has 2 aromatic heterocycles. The van der Waals surface area contributed by atoms with Gasteiger partial charge in [-0.3, -0.25) is 4.79 Å². The molecule has 2 rings (SSSR count). The zero-order valence-electron chi connectivity index (χ0n) is 7.54. The van der Waals surface area contributed by atoms with Gasteiger partial charge in [-0.05, 0) is 0 Å². The van der Waals surface area contributed by atoms with E-state index in [0.717, 1.165) is 5.01 Å². The molecule has 0 aromatic carbocycles. The van der Waals surface area contributed by atoms with Crippen molar-refractivity contribution in [3.63, 3.8) is 0 Å². The van der Waals surface area contributed by atoms with Crippen LogP contribution in [0.15, 0.2) is 18.9 Å². The third-order valence-electron chi connectivity index (χ3n) is 1.66. The van der Waals surface area contributed by atoms with Gasteiger partial charge in [0.25, 0.3) is 0 Å². The molecule has 2 aromatic rings. The number of Topliss-reactive ketones (excluding diaryl/α,β-unsaturated/α-hetero) is 1. The van der Waals surface area contributed by atoms with Gasteiger partial charge >= 0.3 is 0 Å². The van der Waals surface area contributed by atoms with Gasteiger partial charge in [0.1, 0.15) is 17.7 Å². The third kappa shape index (κ3) is 1.85. The maximum atomic E-state index is 11.0. The van der Waals surface area contributed by atoms with Crippen LogP contribution in [-0.4, -0.2) is 25.5 Å². The van der Waals surface area contributed by atoms with Crippen molar-refractivity contribution in [1.29, 1.82) is 0 Å². The molecule has 0 saturated heterocycles. The summed E-state index contributed by atoms with van der Waals surface area (Å²) in [6.45, 7) is 2.10. The molecule has 0 amide bonds. The average molecular weight is 208 g/mol. The number of carbonyl (C=O) groups is 1. The van der Waals surface area contributed by atoms with E-state index in [1.165, 1.54) is 24.6 Å². The van der Waals surface area contributed by atoms with Crippen molar-refractivity contribution in [2.75, 3.05) is 0 Å². The molecule has 0 radical (unpaired) electrons. The van der Waals surface area contributed by atoms with Crippen LogP contribution in [0.25, 0.3) is 0 Å². The first-order valence-electron chi connectivity index (χ1n) is 4.04. The topological polar surface area (TPSA) is 60.7 Å². The molecular weight excluding hydrogens is 200 g/mol. The predicted octanol–water partition coefficient (Wildman–Crippen LogP) is 0.985. The summed E-state index contributed by atoms with van der Waals surface area (Å²) in [4.78, 5) is 19.6. The summed E-state index contributed by atoms with van der Waals surface area (Å²) >= 11 is 1.39. The van der Waals surface area contributed by atoms with E-state index < -0.39 is 0 Å². The second-order valence-electron chi connectivity index (χ2n) is 2.77. The lowest BCUT2D eigenvalue weighted by molar-refractivity contribution is 0.102. The molecular formula is C8H8N4OS. The van der Waals surface area contributed by atoms with Gasteiger partial charge in [-0.2, -0.15) is 5.10 Å². The number of ketones is 1. The molecule has 0 atom stereocenters. The Bertz CT molecular complexity index is 434. The van der Waals surface area contributed by atoms with Gasteiger partial charge in [0.15, 0.2) is 5.78 Å². The summed E-state index contributed by atoms with van der Waals surface area (Å²) in [7, 11) is 0. The number of carbonyl (C=O) groups excluding carboxylic acids is 1. The van der Waals surface area contributed by atoms with Gasteiger partial charge < -0.3 is 0 Å². The number of hydrogen-bond acceptors (Lipinski definition) is 5. The van der Waals surface area contributed by atoms with Crippen molar-refractivity contribution in [3.8, 4) is 0 Å². The number of thiazole rings is 1. The second kappa shape index (κ2) is 3.67. The van der Waals surface area contributed by atoms with Crippen LogP contribution in [0.2, 0.25) is 0 Å². The fourth-order valence-corrected chi connectivity index (χ4v) is 1.80. The molecule has 72 valence electrons. The Labute approximate surface area is 84.4 Å². The molecule has 14 heavy (non-hydrogen) atoms. The van der Waals surface area contributed by atoms with E-state index in [1.54, 1.807) is 17.2 Å². The molecule has 0 saturated carbocycles. The van der Waals surface area contributed by atoms with Gasteiger partial charge in [-0.25, -0.2) is 14.6 Å². The van der Waals surface area contributed by atoms with Crippen LogP contribution in [0, 0.1) is 0 Å². The van der Waals surface area contributed by atoms with E-state index in [0.29, 0.717) is 11.4 Å². The molecule has 6 heteroatoms. The Balaban J connectivity index is 2.14. The van der Waals surface area contributed by atoms with Crippen LogP contribution >= 0.6 is 11.3 Å². The van der Waals surface area contributed by atoms with Crippen molar-refractivity contribution in [3.05, 3.63) is 28.7 Å². The lowest BCUT2D eigenvalue weighted by Gasteiger charge is -1.93. The minimum atomic E-state index is 0.0485. The van der Waals surface area contributed by atoms with E-state index in [9.17, 15) is 4.79 Å². The normalized spacial score (nSPS) is 10.4. The summed E-state index contributed by atoms with van der Waals surface area (Å²) in [6, 6.07) is 0. The number of hydrogen-bond donors (Lipinski definition) is 0. The van der Waals surface area contributed by atoms with Crippen molar-refractivity contribution in [1.82, 2.24) is 19.7 Å². The summed E-state index contributed by atoms with van der Waals surface area (Å²) in [6.07, 6.45) is 4.69. The molecule has 0 fully saturated rings. The van der Waals surface area contributed by atoms with Gasteiger partial charge in [0.2, 0.25) is 0 Å². The highest BCUT2D eigenvalue weighted by molar-refractivity contribution is 7.13. The van der Waals surface area contributed by atoms with E-state index in [1.807, 2.05) is 0 Å². The van der Waals surface area contributed by atoms with Gasteiger partial charge in [0, 0.05) is 13.1 Å². The largest absolute Gasteiger partial charge is 0.294 e. The Kier molecular flexibility index (Phi) is 2.36. The molecule has 2 heterocycles. The third-order valence-corrected chi connectivity index (χ3v) is 2.75. The SMILES string of the molecule is CC(=O)c1cnc(Cn2cncn2)s1. The molecule has 0 spiro atoms. The molecule has 0 N–H and O–H groups in total. The Morgan fingerprint density at radius 3 is 3.07 bits per heavy atom. The zero-order chi connectivity index (χ0) is 9.97. The maximum absolute atomic E-state index is 11.0. The van der Waals surface area contributed by atoms with Gasteiger partial charge in [-0.15, -0.1) is 11.3 Å². The summed E-state index contributed by atoms with van der Waals surface area (Å²) in [5, 5.41) is 4.81. The van der Waals surface area contributed by atoms with Crippen LogP contribution in [0.4, 0.5) is 0 Å². The van der Waals surface area contributed by atoms with Crippen LogP contribution in [-0.2, 0) is 6.54 Å². The monoisotopic (exact) mass is 208 g/mol. The molecule has 5 nitrogen and oxygen atoms in total. The van der Waals surface area contributed by atoms with Gasteiger partial charge in [-0.1, -0.05) is 0 Å². The van der Waals surface area contributed by atoms with E-state index in [-0.39, 0.29) is 5.78 Å². The molecule has 0 bridgehead atoms. The van der Waals surface area contributed by atoms with E-state index in [2.05, 4.69) is 15.1 Å². The second-order valence-corrected chi connectivity index (χ2v) is 3.88. The summed E-state index contributed by atoms with van der Waals surface area (Å²) in [5.41, 5.74) is 0. The van der Waals surface area contributed by atoms with Crippen molar-refractivity contribution in [2.24, 2.45) is 0 Å². The summed E-state index contributed by atoms with van der Waals surface area (Å²) in [5.74, 6) is 0.0485. The van der Waals surface area contributed by atoms with E-state index in [4.69, 9.17) is 0 Å². The van der Waals surface area contributed by atoms with Crippen molar-refractivity contribution < 1.29 is 4.79 Å². The lowest BCUT2D eigenvalue weighted by atomic mass is 10.4. The molecule has 0 unspecified atom stereocenters. The number of nitrogens with zero attached hydrogens (tertiary/aromatic N) is 4. The lowest BCUT2D eigenvalue weighted by Crippen LogP contribution is -1.98. The standard InChI is InChI=1S/C8H8N4OS/c1-6(13)7-2-10-8(14-7)3-12-5-9-4-11-12/h2,4-5H,3H2,1H3. The first kappa shape index (κ1) is 9.01. The Hall–Kier alpha value is -1.56.